The van der Waals surface area contributed by atoms with Gasteiger partial charge in [-0.1, -0.05) is 0 Å². The quantitative estimate of drug-likeness (QED) is 0.585. The molecule has 5 nitrogen and oxygen atoms in total. The molecular formula is C6H6Br2NO4+. The fourth-order valence-corrected chi connectivity index (χ4v) is 1.88. The van der Waals surface area contributed by atoms with Crippen molar-refractivity contribution in [3.8, 4) is 0 Å². The Kier molecular flexibility index (Phi) is 3.46. The predicted molar refractivity (Wildman–Crippen MR) is 50.8 cm³/mol. The summed E-state index contributed by atoms with van der Waals surface area (Å²) in [6, 6.07) is 0. The molecule has 0 radical (unpaired) electrons. The summed E-state index contributed by atoms with van der Waals surface area (Å²) in [5.74, 6) is -0.991. The van der Waals surface area contributed by atoms with Crippen LogP contribution in [0.5, 0.6) is 0 Å². The molecule has 7 heteroatoms. The lowest BCUT2D eigenvalue weighted by atomic mass is 10.4. The highest BCUT2D eigenvalue weighted by atomic mass is 79.9. The molecule has 0 aromatic heterocycles. The van der Waals surface area contributed by atoms with Crippen LogP contribution in [-0.4, -0.2) is 38.6 Å². The number of aliphatic hydroxyl groups excluding tert-OH is 2. The summed E-state index contributed by atoms with van der Waals surface area (Å²) in [5.41, 5.74) is 0. The van der Waals surface area contributed by atoms with Crippen molar-refractivity contribution in [2.45, 2.75) is 0 Å². The first-order chi connectivity index (χ1) is 6.09. The lowest BCUT2D eigenvalue weighted by molar-refractivity contribution is -0.741. The summed E-state index contributed by atoms with van der Waals surface area (Å²) in [6.45, 7) is -0.142. The molecule has 0 spiro atoms. The molecule has 1 aliphatic rings. The number of ketones is 1. The SMILES string of the molecule is O=C1C(O)=C(Br)[N+](OCCO)=C1Br. The van der Waals surface area contributed by atoms with Gasteiger partial charge in [-0.05, 0) is 0 Å². The topological polar surface area (TPSA) is 69.8 Å². The second-order valence-corrected chi connectivity index (χ2v) is 3.61. The van der Waals surface area contributed by atoms with Gasteiger partial charge in [-0.15, -0.1) is 0 Å². The number of carbonyl (C=O) groups excluding carboxylic acids is 1. The zero-order chi connectivity index (χ0) is 10.0. The number of aliphatic hydroxyl groups is 2. The van der Waals surface area contributed by atoms with Crippen LogP contribution in [0.3, 0.4) is 0 Å². The van der Waals surface area contributed by atoms with E-state index in [1.807, 2.05) is 0 Å². The second-order valence-electron chi connectivity index (χ2n) is 2.11. The number of nitrogens with zero attached hydrogens (tertiary/aromatic N) is 1. The number of allylic oxidation sites excluding steroid dienone is 1. The van der Waals surface area contributed by atoms with E-state index in [1.54, 1.807) is 0 Å². The lowest BCUT2D eigenvalue weighted by Crippen LogP contribution is -2.16. The van der Waals surface area contributed by atoms with Crippen molar-refractivity contribution < 1.29 is 24.6 Å². The van der Waals surface area contributed by atoms with Gasteiger partial charge in [0.2, 0.25) is 0 Å². The van der Waals surface area contributed by atoms with Crippen LogP contribution in [0.15, 0.2) is 10.4 Å². The average molecular weight is 316 g/mol. The number of hydroxylamine groups is 1. The van der Waals surface area contributed by atoms with Gasteiger partial charge in [-0.25, -0.2) is 0 Å². The van der Waals surface area contributed by atoms with E-state index in [2.05, 4.69) is 31.9 Å². The number of rotatable bonds is 3. The Balaban J connectivity index is 2.88. The van der Waals surface area contributed by atoms with E-state index in [9.17, 15) is 4.79 Å². The minimum atomic E-state index is -0.565. The summed E-state index contributed by atoms with van der Waals surface area (Å²) in [6.07, 6.45) is 0. The predicted octanol–water partition coefficient (Wildman–Crippen LogP) is 0.421. The molecule has 0 atom stereocenters. The summed E-state index contributed by atoms with van der Waals surface area (Å²) in [4.78, 5) is 16.0. The Labute approximate surface area is 90.5 Å². The van der Waals surface area contributed by atoms with Crippen molar-refractivity contribution in [2.75, 3.05) is 13.2 Å². The van der Waals surface area contributed by atoms with Crippen LogP contribution in [-0.2, 0) is 9.63 Å². The number of halogens is 2. The van der Waals surface area contributed by atoms with Gasteiger partial charge in [0.05, 0.1) is 6.61 Å². The fourth-order valence-electron chi connectivity index (χ4n) is 0.711. The molecule has 0 saturated carbocycles. The molecule has 72 valence electrons. The molecule has 0 bridgehead atoms. The molecule has 0 aliphatic carbocycles. The summed E-state index contributed by atoms with van der Waals surface area (Å²) >= 11 is 5.89. The molecule has 0 unspecified atom stereocenters. The lowest BCUT2D eigenvalue weighted by Gasteiger charge is -1.95. The number of carbonyl (C=O) groups is 1. The minimum Gasteiger partial charge on any atom is -0.499 e. The van der Waals surface area contributed by atoms with E-state index in [0.29, 0.717) is 0 Å². The zero-order valence-corrected chi connectivity index (χ0v) is 9.50. The highest BCUT2D eigenvalue weighted by Crippen LogP contribution is 2.22. The van der Waals surface area contributed by atoms with E-state index in [-0.39, 0.29) is 22.4 Å². The summed E-state index contributed by atoms with van der Waals surface area (Å²) in [7, 11) is 0. The van der Waals surface area contributed by atoms with Crippen LogP contribution >= 0.6 is 31.9 Å². The molecule has 1 heterocycles. The summed E-state index contributed by atoms with van der Waals surface area (Å²) in [5, 5.41) is 17.6. The maximum absolute atomic E-state index is 11.1. The number of hydrogen-bond donors (Lipinski definition) is 2. The van der Waals surface area contributed by atoms with Crippen molar-refractivity contribution >= 4 is 42.3 Å². The fraction of sp³-hybridized carbons (Fsp3) is 0.333. The first kappa shape index (κ1) is 10.7. The Morgan fingerprint density at radius 1 is 1.46 bits per heavy atom. The third-order valence-electron chi connectivity index (χ3n) is 1.27. The smallest absolute Gasteiger partial charge is 0.351 e. The number of hydrogen-bond acceptors (Lipinski definition) is 4. The summed E-state index contributed by atoms with van der Waals surface area (Å²) < 4.78 is 1.26. The highest BCUT2D eigenvalue weighted by Gasteiger charge is 2.41. The zero-order valence-electron chi connectivity index (χ0n) is 6.33. The van der Waals surface area contributed by atoms with Crippen LogP contribution in [0.4, 0.5) is 0 Å². The second kappa shape index (κ2) is 4.21. The molecule has 13 heavy (non-hydrogen) atoms. The van der Waals surface area contributed by atoms with E-state index in [4.69, 9.17) is 15.1 Å². The Bertz CT molecular complexity index is 310. The molecule has 0 amide bonds. The van der Waals surface area contributed by atoms with Gasteiger partial charge in [0.1, 0.15) is 0 Å². The highest BCUT2D eigenvalue weighted by molar-refractivity contribution is 9.19. The van der Waals surface area contributed by atoms with Crippen LogP contribution in [0.1, 0.15) is 0 Å². The van der Waals surface area contributed by atoms with Crippen LogP contribution in [0.2, 0.25) is 0 Å². The first-order valence-electron chi connectivity index (χ1n) is 3.29. The minimum absolute atomic E-state index is 0.0325. The van der Waals surface area contributed by atoms with Crippen molar-refractivity contribution in [3.63, 3.8) is 0 Å². The van der Waals surface area contributed by atoms with Crippen molar-refractivity contribution in [2.24, 2.45) is 0 Å². The molecule has 0 aromatic rings. The first-order valence-corrected chi connectivity index (χ1v) is 4.88. The average Bonchev–Trinajstić information content (AvgIpc) is 2.30. The molecule has 1 rings (SSSR count). The van der Waals surface area contributed by atoms with Gasteiger partial charge < -0.3 is 10.2 Å². The molecule has 0 saturated heterocycles. The third kappa shape index (κ3) is 1.92. The van der Waals surface area contributed by atoms with Crippen LogP contribution in [0.25, 0.3) is 0 Å². The molecule has 1 aliphatic heterocycles. The molecular weight excluding hydrogens is 310 g/mol. The van der Waals surface area contributed by atoms with Crippen LogP contribution in [0, 0.1) is 0 Å². The third-order valence-corrected chi connectivity index (χ3v) is 2.65. The van der Waals surface area contributed by atoms with Crippen molar-refractivity contribution in [3.05, 3.63) is 10.4 Å². The maximum Gasteiger partial charge on any atom is 0.351 e. The standard InChI is InChI=1S/C6H5Br2NO4/c7-5-3(11)4(12)6(8)9(5)13-2-1-10/h10H,1-2H2/p+1. The molecule has 0 aromatic carbocycles. The van der Waals surface area contributed by atoms with Crippen LogP contribution < -0.4 is 0 Å². The van der Waals surface area contributed by atoms with E-state index in [1.165, 1.54) is 0 Å². The maximum atomic E-state index is 11.1. The van der Waals surface area contributed by atoms with E-state index in [0.717, 1.165) is 4.74 Å². The van der Waals surface area contributed by atoms with Crippen molar-refractivity contribution in [1.29, 1.82) is 0 Å². The Morgan fingerprint density at radius 3 is 2.46 bits per heavy atom. The Morgan fingerprint density at radius 2 is 2.08 bits per heavy atom. The van der Waals surface area contributed by atoms with E-state index >= 15 is 0 Å². The van der Waals surface area contributed by atoms with Gasteiger partial charge in [-0.2, -0.15) is 0 Å². The van der Waals surface area contributed by atoms with Crippen molar-refractivity contribution in [1.82, 2.24) is 0 Å². The van der Waals surface area contributed by atoms with E-state index < -0.39 is 11.5 Å². The largest absolute Gasteiger partial charge is 0.499 e. The van der Waals surface area contributed by atoms with Gasteiger partial charge >= 0.3 is 15.0 Å². The Hall–Kier alpha value is -0.400. The van der Waals surface area contributed by atoms with Gasteiger partial charge in [0.15, 0.2) is 6.61 Å². The van der Waals surface area contributed by atoms with Gasteiger partial charge in [0.25, 0.3) is 5.76 Å². The molecule has 2 N–H and O–H groups in total. The normalized spacial score (nSPS) is 17.3. The van der Waals surface area contributed by atoms with Gasteiger partial charge in [-0.3, -0.25) is 9.63 Å². The monoisotopic (exact) mass is 314 g/mol. The number of Topliss-reactive ketones (excluding diaryl/α,β-unsaturated/α-hetero) is 1. The van der Waals surface area contributed by atoms with Gasteiger partial charge in [0, 0.05) is 36.6 Å². The molecule has 0 fully saturated rings.